The van der Waals surface area contributed by atoms with Crippen LogP contribution in [0.5, 0.6) is 0 Å². The van der Waals surface area contributed by atoms with Crippen LogP contribution in [0.1, 0.15) is 61.3 Å². The molecule has 0 aliphatic heterocycles. The maximum atomic E-state index is 6.29. The van der Waals surface area contributed by atoms with Crippen molar-refractivity contribution in [2.45, 2.75) is 67.3 Å². The number of nitrogens with zero attached hydrogens (tertiary/aromatic N) is 1. The molecule has 1 aliphatic carbocycles. The molecule has 1 saturated carbocycles. The average molecular weight is 283 g/mol. The first-order valence-electron chi connectivity index (χ1n) is 8.62. The van der Waals surface area contributed by atoms with Gasteiger partial charge in [0.2, 0.25) is 0 Å². The highest BCUT2D eigenvalue weighted by atomic mass is 15.1. The van der Waals surface area contributed by atoms with Crippen molar-refractivity contribution >= 4 is 0 Å². The third-order valence-corrected chi connectivity index (χ3v) is 5.44. The Morgan fingerprint density at radius 1 is 1.05 bits per heavy atom. The fourth-order valence-corrected chi connectivity index (χ4v) is 3.83. The van der Waals surface area contributed by atoms with Gasteiger partial charge in [-0.3, -0.25) is 0 Å². The Morgan fingerprint density at radius 2 is 1.55 bits per heavy atom. The first-order chi connectivity index (χ1) is 9.14. The van der Waals surface area contributed by atoms with Gasteiger partial charge in [0.05, 0.1) is 0 Å². The van der Waals surface area contributed by atoms with Gasteiger partial charge in [-0.25, -0.2) is 0 Å². The standard InChI is InChI=1S/C18H38N2/c1-13(2)10-20(11-14(3)4)12-16-8-9-17(19)15(5)18(16,6)7/h13-17H,8-12,19H2,1-7H3. The van der Waals surface area contributed by atoms with Crippen molar-refractivity contribution in [3.8, 4) is 0 Å². The minimum Gasteiger partial charge on any atom is -0.327 e. The predicted molar refractivity (Wildman–Crippen MR) is 89.8 cm³/mol. The van der Waals surface area contributed by atoms with Gasteiger partial charge in [0.1, 0.15) is 0 Å². The highest BCUT2D eigenvalue weighted by Gasteiger charge is 2.41. The maximum absolute atomic E-state index is 6.29. The van der Waals surface area contributed by atoms with E-state index in [1.54, 1.807) is 0 Å². The van der Waals surface area contributed by atoms with Crippen molar-refractivity contribution in [1.29, 1.82) is 0 Å². The summed E-state index contributed by atoms with van der Waals surface area (Å²) in [4.78, 5) is 2.70. The van der Waals surface area contributed by atoms with Crippen LogP contribution < -0.4 is 5.73 Å². The Labute approximate surface area is 127 Å². The van der Waals surface area contributed by atoms with Crippen LogP contribution in [-0.4, -0.2) is 30.6 Å². The lowest BCUT2D eigenvalue weighted by Gasteiger charge is -2.48. The van der Waals surface area contributed by atoms with Gasteiger partial charge in [-0.1, -0.05) is 48.5 Å². The molecule has 1 rings (SSSR count). The van der Waals surface area contributed by atoms with Crippen molar-refractivity contribution in [2.75, 3.05) is 19.6 Å². The van der Waals surface area contributed by atoms with Crippen LogP contribution in [0.15, 0.2) is 0 Å². The zero-order valence-corrected chi connectivity index (χ0v) is 14.9. The number of hydrogen-bond acceptors (Lipinski definition) is 2. The predicted octanol–water partition coefficient (Wildman–Crippen LogP) is 4.00. The van der Waals surface area contributed by atoms with Gasteiger partial charge in [0.15, 0.2) is 0 Å². The summed E-state index contributed by atoms with van der Waals surface area (Å²) in [6.07, 6.45) is 2.50. The summed E-state index contributed by atoms with van der Waals surface area (Å²) >= 11 is 0. The van der Waals surface area contributed by atoms with E-state index in [1.165, 1.54) is 32.5 Å². The number of nitrogens with two attached hydrogens (primary N) is 1. The van der Waals surface area contributed by atoms with Crippen molar-refractivity contribution in [1.82, 2.24) is 4.90 Å². The molecule has 0 aromatic carbocycles. The van der Waals surface area contributed by atoms with E-state index in [-0.39, 0.29) is 0 Å². The van der Waals surface area contributed by atoms with Crippen LogP contribution in [0.2, 0.25) is 0 Å². The topological polar surface area (TPSA) is 29.3 Å². The third-order valence-electron chi connectivity index (χ3n) is 5.44. The van der Waals surface area contributed by atoms with E-state index in [2.05, 4.69) is 53.4 Å². The SMILES string of the molecule is CC(C)CN(CC(C)C)CC1CCC(N)C(C)C1(C)C. The summed E-state index contributed by atoms with van der Waals surface area (Å²) in [5, 5.41) is 0. The Morgan fingerprint density at radius 3 is 2.00 bits per heavy atom. The molecule has 0 saturated heterocycles. The molecule has 2 nitrogen and oxygen atoms in total. The van der Waals surface area contributed by atoms with Gasteiger partial charge >= 0.3 is 0 Å². The molecule has 3 atom stereocenters. The van der Waals surface area contributed by atoms with E-state index in [0.717, 1.165) is 17.8 Å². The molecular formula is C18H38N2. The van der Waals surface area contributed by atoms with Crippen LogP contribution in [0.4, 0.5) is 0 Å². The summed E-state index contributed by atoms with van der Waals surface area (Å²) in [6.45, 7) is 20.3. The smallest absolute Gasteiger partial charge is 0.00698 e. The van der Waals surface area contributed by atoms with Gasteiger partial charge in [-0.2, -0.15) is 0 Å². The van der Waals surface area contributed by atoms with Gasteiger partial charge in [0.25, 0.3) is 0 Å². The molecule has 1 fully saturated rings. The van der Waals surface area contributed by atoms with Crippen LogP contribution in [0.25, 0.3) is 0 Å². The van der Waals surface area contributed by atoms with Crippen LogP contribution in [0, 0.1) is 29.1 Å². The Kier molecular flexibility index (Phi) is 6.53. The lowest BCUT2D eigenvalue weighted by atomic mass is 9.61. The number of hydrogen-bond donors (Lipinski definition) is 1. The first-order valence-corrected chi connectivity index (χ1v) is 8.62. The Hall–Kier alpha value is -0.0800. The lowest BCUT2D eigenvalue weighted by Crippen LogP contribution is -2.50. The molecule has 0 bridgehead atoms. The van der Waals surface area contributed by atoms with E-state index in [4.69, 9.17) is 5.73 Å². The summed E-state index contributed by atoms with van der Waals surface area (Å²) in [6, 6.07) is 0.393. The third kappa shape index (κ3) is 4.73. The zero-order chi connectivity index (χ0) is 15.5. The monoisotopic (exact) mass is 282 g/mol. The minimum atomic E-state index is 0.365. The molecule has 0 aromatic heterocycles. The van der Waals surface area contributed by atoms with Crippen molar-refractivity contribution in [3.63, 3.8) is 0 Å². The molecule has 1 aliphatic rings. The normalized spacial score (nSPS) is 30.4. The summed E-state index contributed by atoms with van der Waals surface area (Å²) < 4.78 is 0. The van der Waals surface area contributed by atoms with Crippen LogP contribution in [0.3, 0.4) is 0 Å². The fraction of sp³-hybridized carbons (Fsp3) is 1.00. The largest absolute Gasteiger partial charge is 0.327 e. The fourth-order valence-electron chi connectivity index (χ4n) is 3.83. The van der Waals surface area contributed by atoms with E-state index in [1.807, 2.05) is 0 Å². The zero-order valence-electron chi connectivity index (χ0n) is 14.9. The second kappa shape index (κ2) is 7.26. The molecule has 0 radical (unpaired) electrons. The second-order valence-corrected chi connectivity index (χ2v) is 8.55. The number of rotatable bonds is 6. The molecule has 3 unspecified atom stereocenters. The van der Waals surface area contributed by atoms with Crippen molar-refractivity contribution in [2.24, 2.45) is 34.8 Å². The molecule has 0 spiro atoms. The lowest BCUT2D eigenvalue weighted by molar-refractivity contribution is 0.0237. The highest BCUT2D eigenvalue weighted by molar-refractivity contribution is 4.94. The van der Waals surface area contributed by atoms with E-state index in [9.17, 15) is 0 Å². The van der Waals surface area contributed by atoms with E-state index in [0.29, 0.717) is 17.4 Å². The molecule has 20 heavy (non-hydrogen) atoms. The highest BCUT2D eigenvalue weighted by Crippen LogP contribution is 2.44. The molecule has 120 valence electrons. The molecule has 2 heteroatoms. The van der Waals surface area contributed by atoms with Gasteiger partial charge in [-0.15, -0.1) is 0 Å². The summed E-state index contributed by atoms with van der Waals surface area (Å²) in [5.41, 5.74) is 6.66. The maximum Gasteiger partial charge on any atom is 0.00698 e. The first kappa shape index (κ1) is 18.0. The Balaban J connectivity index is 2.71. The van der Waals surface area contributed by atoms with Gasteiger partial charge in [0, 0.05) is 25.7 Å². The summed E-state index contributed by atoms with van der Waals surface area (Å²) in [7, 11) is 0. The van der Waals surface area contributed by atoms with Crippen molar-refractivity contribution < 1.29 is 0 Å². The Bertz CT molecular complexity index is 273. The quantitative estimate of drug-likeness (QED) is 0.798. The molecule has 0 amide bonds. The van der Waals surface area contributed by atoms with Crippen molar-refractivity contribution in [3.05, 3.63) is 0 Å². The molecule has 0 heterocycles. The molecular weight excluding hydrogens is 244 g/mol. The van der Waals surface area contributed by atoms with Crippen LogP contribution in [-0.2, 0) is 0 Å². The van der Waals surface area contributed by atoms with Gasteiger partial charge < -0.3 is 10.6 Å². The molecule has 2 N–H and O–H groups in total. The summed E-state index contributed by atoms with van der Waals surface area (Å²) in [5.74, 6) is 2.91. The minimum absolute atomic E-state index is 0.365. The van der Waals surface area contributed by atoms with E-state index >= 15 is 0 Å². The van der Waals surface area contributed by atoms with Gasteiger partial charge in [-0.05, 0) is 41.9 Å². The average Bonchev–Trinajstić information content (AvgIpc) is 2.29. The molecule has 0 aromatic rings. The van der Waals surface area contributed by atoms with Crippen LogP contribution >= 0.6 is 0 Å². The second-order valence-electron chi connectivity index (χ2n) is 8.55. The van der Waals surface area contributed by atoms with E-state index < -0.39 is 0 Å².